The second-order valence-corrected chi connectivity index (χ2v) is 3.98. The van der Waals surface area contributed by atoms with Crippen molar-refractivity contribution >= 4 is 0 Å². The maximum atomic E-state index is 4.71. The molecule has 0 radical (unpaired) electrons. The maximum Gasteiger partial charge on any atom is 0.213 e. The van der Waals surface area contributed by atoms with E-state index in [-0.39, 0.29) is 0 Å². The van der Waals surface area contributed by atoms with Gasteiger partial charge in [-0.25, -0.2) is 0 Å². The lowest BCUT2D eigenvalue weighted by Crippen LogP contribution is -2.21. The highest BCUT2D eigenvalue weighted by Crippen LogP contribution is 2.18. The number of nitrogens with zero attached hydrogens (tertiary/aromatic N) is 2. The SMILES string of the molecule is CCCC(NCc1ncon1)c1ccccc1. The topological polar surface area (TPSA) is 51.0 Å². The Bertz CT molecular complexity index is 413. The fourth-order valence-electron chi connectivity index (χ4n) is 1.85. The average molecular weight is 231 g/mol. The Hall–Kier alpha value is -1.68. The van der Waals surface area contributed by atoms with E-state index in [1.54, 1.807) is 0 Å². The summed E-state index contributed by atoms with van der Waals surface area (Å²) in [5.74, 6) is 0.696. The van der Waals surface area contributed by atoms with Crippen LogP contribution in [0.4, 0.5) is 0 Å². The summed E-state index contributed by atoms with van der Waals surface area (Å²) in [6.07, 6.45) is 3.59. The van der Waals surface area contributed by atoms with Crippen molar-refractivity contribution in [2.75, 3.05) is 0 Å². The van der Waals surface area contributed by atoms with E-state index in [1.807, 2.05) is 6.07 Å². The van der Waals surface area contributed by atoms with Gasteiger partial charge in [-0.15, -0.1) is 0 Å². The summed E-state index contributed by atoms with van der Waals surface area (Å²) in [5.41, 5.74) is 1.30. The van der Waals surface area contributed by atoms with Crippen LogP contribution in [-0.2, 0) is 6.54 Å². The molecule has 0 fully saturated rings. The van der Waals surface area contributed by atoms with Crippen molar-refractivity contribution < 1.29 is 4.52 Å². The molecular formula is C13H17N3O. The van der Waals surface area contributed by atoms with Gasteiger partial charge in [0.1, 0.15) is 0 Å². The van der Waals surface area contributed by atoms with Crippen molar-refractivity contribution in [2.45, 2.75) is 32.4 Å². The van der Waals surface area contributed by atoms with Gasteiger partial charge in [0.2, 0.25) is 6.39 Å². The Labute approximate surface area is 101 Å². The first-order chi connectivity index (χ1) is 8.40. The number of rotatable bonds is 6. The molecule has 2 aromatic rings. The molecule has 0 saturated heterocycles. The van der Waals surface area contributed by atoms with Gasteiger partial charge in [-0.3, -0.25) is 0 Å². The second-order valence-electron chi connectivity index (χ2n) is 3.98. The molecule has 4 heteroatoms. The lowest BCUT2D eigenvalue weighted by atomic mass is 10.0. The van der Waals surface area contributed by atoms with E-state index in [0.29, 0.717) is 18.4 Å². The summed E-state index contributed by atoms with van der Waals surface area (Å²) in [7, 11) is 0. The molecule has 90 valence electrons. The number of hydrogen-bond donors (Lipinski definition) is 1. The van der Waals surface area contributed by atoms with Crippen LogP contribution in [0.15, 0.2) is 41.2 Å². The van der Waals surface area contributed by atoms with Gasteiger partial charge >= 0.3 is 0 Å². The van der Waals surface area contributed by atoms with Crippen molar-refractivity contribution in [1.82, 2.24) is 15.5 Å². The van der Waals surface area contributed by atoms with Crippen molar-refractivity contribution in [3.05, 3.63) is 48.1 Å². The van der Waals surface area contributed by atoms with Gasteiger partial charge in [-0.2, -0.15) is 4.98 Å². The Balaban J connectivity index is 1.98. The highest BCUT2D eigenvalue weighted by molar-refractivity contribution is 5.18. The van der Waals surface area contributed by atoms with Crippen LogP contribution in [0, 0.1) is 0 Å². The van der Waals surface area contributed by atoms with E-state index in [9.17, 15) is 0 Å². The third-order valence-electron chi connectivity index (χ3n) is 2.69. The van der Waals surface area contributed by atoms with Crippen LogP contribution in [-0.4, -0.2) is 10.1 Å². The molecule has 0 saturated carbocycles. The summed E-state index contributed by atoms with van der Waals surface area (Å²) in [5, 5.41) is 7.25. The monoisotopic (exact) mass is 231 g/mol. The fraction of sp³-hybridized carbons (Fsp3) is 0.385. The van der Waals surface area contributed by atoms with Gasteiger partial charge in [-0.05, 0) is 12.0 Å². The van der Waals surface area contributed by atoms with Gasteiger partial charge < -0.3 is 9.84 Å². The summed E-state index contributed by atoms with van der Waals surface area (Å²) in [4.78, 5) is 4.00. The maximum absolute atomic E-state index is 4.71. The van der Waals surface area contributed by atoms with Crippen LogP contribution in [0.5, 0.6) is 0 Å². The number of hydrogen-bond acceptors (Lipinski definition) is 4. The molecule has 17 heavy (non-hydrogen) atoms. The molecule has 1 atom stereocenters. The van der Waals surface area contributed by atoms with E-state index < -0.39 is 0 Å². The smallest absolute Gasteiger partial charge is 0.213 e. The van der Waals surface area contributed by atoms with E-state index >= 15 is 0 Å². The molecular weight excluding hydrogens is 214 g/mol. The first kappa shape index (κ1) is 11.8. The van der Waals surface area contributed by atoms with Gasteiger partial charge in [0.05, 0.1) is 6.54 Å². The molecule has 1 heterocycles. The van der Waals surface area contributed by atoms with Crippen molar-refractivity contribution in [2.24, 2.45) is 0 Å². The zero-order valence-electron chi connectivity index (χ0n) is 9.97. The lowest BCUT2D eigenvalue weighted by molar-refractivity contribution is 0.401. The number of benzene rings is 1. The van der Waals surface area contributed by atoms with Crippen LogP contribution in [0.25, 0.3) is 0 Å². The Morgan fingerprint density at radius 3 is 2.76 bits per heavy atom. The minimum atomic E-state index is 0.347. The molecule has 0 bridgehead atoms. The van der Waals surface area contributed by atoms with E-state index in [0.717, 1.165) is 12.8 Å². The van der Waals surface area contributed by atoms with Crippen LogP contribution in [0.3, 0.4) is 0 Å². The average Bonchev–Trinajstić information content (AvgIpc) is 2.88. The summed E-state index contributed by atoms with van der Waals surface area (Å²) in [6.45, 7) is 2.82. The zero-order valence-corrected chi connectivity index (χ0v) is 9.97. The van der Waals surface area contributed by atoms with Crippen molar-refractivity contribution in [1.29, 1.82) is 0 Å². The minimum absolute atomic E-state index is 0.347. The quantitative estimate of drug-likeness (QED) is 0.830. The van der Waals surface area contributed by atoms with Crippen LogP contribution < -0.4 is 5.32 Å². The van der Waals surface area contributed by atoms with E-state index in [1.165, 1.54) is 12.0 Å². The predicted octanol–water partition coefficient (Wildman–Crippen LogP) is 2.70. The molecule has 1 N–H and O–H groups in total. The molecule has 0 spiro atoms. The molecule has 2 rings (SSSR count). The van der Waals surface area contributed by atoms with Gasteiger partial charge in [-0.1, -0.05) is 48.8 Å². The third kappa shape index (κ3) is 3.39. The van der Waals surface area contributed by atoms with E-state index in [4.69, 9.17) is 4.52 Å². The summed E-state index contributed by atoms with van der Waals surface area (Å²) < 4.78 is 4.71. The first-order valence-corrected chi connectivity index (χ1v) is 5.93. The standard InChI is InChI=1S/C13H17N3O/c1-2-6-12(11-7-4-3-5-8-11)14-9-13-15-10-17-16-13/h3-5,7-8,10,12,14H,2,6,9H2,1H3. The molecule has 0 aliphatic carbocycles. The van der Waals surface area contributed by atoms with Crippen LogP contribution in [0.1, 0.15) is 37.2 Å². The molecule has 1 aromatic carbocycles. The summed E-state index contributed by atoms with van der Waals surface area (Å²) >= 11 is 0. The molecule has 4 nitrogen and oxygen atoms in total. The molecule has 1 unspecified atom stereocenters. The molecule has 1 aromatic heterocycles. The van der Waals surface area contributed by atoms with Gasteiger partial charge in [0.25, 0.3) is 0 Å². The number of nitrogens with one attached hydrogen (secondary N) is 1. The largest absolute Gasteiger partial charge is 0.343 e. The Morgan fingerprint density at radius 2 is 2.12 bits per heavy atom. The predicted molar refractivity (Wildman–Crippen MR) is 65.2 cm³/mol. The minimum Gasteiger partial charge on any atom is -0.343 e. The Morgan fingerprint density at radius 1 is 1.29 bits per heavy atom. The van der Waals surface area contributed by atoms with Crippen LogP contribution in [0.2, 0.25) is 0 Å². The lowest BCUT2D eigenvalue weighted by Gasteiger charge is -2.17. The summed E-state index contributed by atoms with van der Waals surface area (Å²) in [6, 6.07) is 10.8. The van der Waals surface area contributed by atoms with E-state index in [2.05, 4.69) is 46.6 Å². The highest BCUT2D eigenvalue weighted by atomic mass is 16.5. The van der Waals surface area contributed by atoms with Crippen molar-refractivity contribution in [3.8, 4) is 0 Å². The third-order valence-corrected chi connectivity index (χ3v) is 2.69. The first-order valence-electron chi connectivity index (χ1n) is 5.93. The molecule has 0 amide bonds. The zero-order chi connectivity index (χ0) is 11.9. The van der Waals surface area contributed by atoms with Crippen LogP contribution >= 0.6 is 0 Å². The normalized spacial score (nSPS) is 12.5. The second kappa shape index (κ2) is 6.15. The highest BCUT2D eigenvalue weighted by Gasteiger charge is 2.10. The van der Waals surface area contributed by atoms with Gasteiger partial charge in [0, 0.05) is 6.04 Å². The van der Waals surface area contributed by atoms with Crippen molar-refractivity contribution in [3.63, 3.8) is 0 Å². The molecule has 0 aliphatic rings. The Kier molecular flexibility index (Phi) is 4.27. The number of aromatic nitrogens is 2. The van der Waals surface area contributed by atoms with Gasteiger partial charge in [0.15, 0.2) is 5.82 Å². The fourth-order valence-corrected chi connectivity index (χ4v) is 1.85. The molecule has 0 aliphatic heterocycles.